The van der Waals surface area contributed by atoms with Gasteiger partial charge in [0, 0.05) is 56.9 Å². The number of rotatable bonds is 7. The molecule has 2 aromatic carbocycles. The first-order chi connectivity index (χ1) is 17.2. The maximum Gasteiger partial charge on any atom is 0.416 e. The molecule has 0 aromatic heterocycles. The van der Waals surface area contributed by atoms with E-state index in [2.05, 4.69) is 33.8 Å². The number of nitrogens with zero attached hydrogens (tertiary/aromatic N) is 4. The van der Waals surface area contributed by atoms with Crippen LogP contribution >= 0.6 is 0 Å². The molecular weight excluding hydrogens is 465 g/mol. The number of para-hydroxylation sites is 1. The molecule has 2 aliphatic rings. The minimum atomic E-state index is -4.37. The minimum Gasteiger partial charge on any atom is -0.369 e. The maximum atomic E-state index is 13.4. The van der Waals surface area contributed by atoms with Crippen molar-refractivity contribution in [3.63, 3.8) is 0 Å². The van der Waals surface area contributed by atoms with E-state index in [0.29, 0.717) is 39.0 Å². The summed E-state index contributed by atoms with van der Waals surface area (Å²) in [5.41, 5.74) is 0.931. The van der Waals surface area contributed by atoms with E-state index >= 15 is 0 Å². The summed E-state index contributed by atoms with van der Waals surface area (Å²) < 4.78 is 40.3. The lowest BCUT2D eigenvalue weighted by Gasteiger charge is -2.45. The Bertz CT molecular complexity index is 997. The van der Waals surface area contributed by atoms with Crippen molar-refractivity contribution in [1.29, 1.82) is 0 Å². The Morgan fingerprint density at radius 1 is 0.944 bits per heavy atom. The standard InChI is InChI=1S/C28H37F3N4O/c1-3-32(2)22-27(23-8-7-9-24(20-23)28(29,30)31)12-14-35(15-13-27)26(36)21-33-16-18-34(19-17-33)25-10-5-4-6-11-25/h4-11,20H,3,12-19,21-22H2,1-2H3. The third-order valence-electron chi connectivity index (χ3n) is 7.84. The van der Waals surface area contributed by atoms with Gasteiger partial charge < -0.3 is 14.7 Å². The summed E-state index contributed by atoms with van der Waals surface area (Å²) in [4.78, 5) is 21.8. The molecule has 2 aromatic rings. The van der Waals surface area contributed by atoms with Gasteiger partial charge in [-0.25, -0.2) is 0 Å². The Hall–Kier alpha value is -2.58. The monoisotopic (exact) mass is 502 g/mol. The van der Waals surface area contributed by atoms with Crippen molar-refractivity contribution >= 4 is 11.6 Å². The first kappa shape index (κ1) is 26.5. The van der Waals surface area contributed by atoms with Crippen molar-refractivity contribution in [2.75, 3.05) is 70.9 Å². The van der Waals surface area contributed by atoms with Crippen LogP contribution in [-0.4, -0.2) is 86.6 Å². The Morgan fingerprint density at radius 3 is 2.22 bits per heavy atom. The molecule has 0 atom stereocenters. The Labute approximate surface area is 212 Å². The average molecular weight is 503 g/mol. The molecule has 0 unspecified atom stereocenters. The molecule has 1 amide bonds. The summed E-state index contributed by atoms with van der Waals surface area (Å²) in [6.07, 6.45) is -3.05. The topological polar surface area (TPSA) is 30.0 Å². The van der Waals surface area contributed by atoms with Crippen LogP contribution in [0.2, 0.25) is 0 Å². The van der Waals surface area contributed by atoms with Crippen molar-refractivity contribution in [3.8, 4) is 0 Å². The SMILES string of the molecule is CCN(C)CC1(c2cccc(C(F)(F)F)c2)CCN(C(=O)CN2CCN(c3ccccc3)CC2)CC1. The molecule has 8 heteroatoms. The third kappa shape index (κ3) is 6.21. The lowest BCUT2D eigenvalue weighted by atomic mass is 9.72. The number of hydrogen-bond donors (Lipinski definition) is 0. The molecular formula is C28H37F3N4O. The van der Waals surface area contributed by atoms with Crippen LogP contribution in [0.4, 0.5) is 18.9 Å². The second-order valence-electron chi connectivity index (χ2n) is 10.2. The second-order valence-corrected chi connectivity index (χ2v) is 10.2. The van der Waals surface area contributed by atoms with Gasteiger partial charge in [-0.15, -0.1) is 0 Å². The van der Waals surface area contributed by atoms with Crippen LogP contribution in [0.15, 0.2) is 54.6 Å². The molecule has 0 spiro atoms. The van der Waals surface area contributed by atoms with Gasteiger partial charge in [-0.1, -0.05) is 43.3 Å². The van der Waals surface area contributed by atoms with E-state index in [0.717, 1.165) is 44.4 Å². The summed E-state index contributed by atoms with van der Waals surface area (Å²) in [5.74, 6) is 0.115. The van der Waals surface area contributed by atoms with Crippen molar-refractivity contribution in [1.82, 2.24) is 14.7 Å². The number of piperazine rings is 1. The number of benzene rings is 2. The van der Waals surface area contributed by atoms with E-state index in [9.17, 15) is 18.0 Å². The number of carbonyl (C=O) groups is 1. The summed E-state index contributed by atoms with van der Waals surface area (Å²) in [6.45, 7) is 8.52. The van der Waals surface area contributed by atoms with Gasteiger partial charge in [0.25, 0.3) is 0 Å². The summed E-state index contributed by atoms with van der Waals surface area (Å²) in [7, 11) is 2.00. The van der Waals surface area contributed by atoms with E-state index in [1.54, 1.807) is 0 Å². The molecule has 0 aliphatic carbocycles. The zero-order chi connectivity index (χ0) is 25.8. The van der Waals surface area contributed by atoms with Crippen LogP contribution in [0, 0.1) is 0 Å². The molecule has 2 aliphatic heterocycles. The lowest BCUT2D eigenvalue weighted by Crippen LogP contribution is -2.53. The fourth-order valence-electron chi connectivity index (χ4n) is 5.47. The maximum absolute atomic E-state index is 13.4. The van der Waals surface area contributed by atoms with Crippen molar-refractivity contribution in [2.45, 2.75) is 31.4 Å². The Kier molecular flexibility index (Phi) is 8.25. The van der Waals surface area contributed by atoms with Gasteiger partial charge in [0.05, 0.1) is 12.1 Å². The summed E-state index contributed by atoms with van der Waals surface area (Å²) in [5, 5.41) is 0. The van der Waals surface area contributed by atoms with Gasteiger partial charge in [-0.3, -0.25) is 9.69 Å². The van der Waals surface area contributed by atoms with Crippen LogP contribution in [0.5, 0.6) is 0 Å². The first-order valence-electron chi connectivity index (χ1n) is 12.9. The van der Waals surface area contributed by atoms with Gasteiger partial charge in [0.1, 0.15) is 0 Å². The minimum absolute atomic E-state index is 0.115. The highest BCUT2D eigenvalue weighted by atomic mass is 19.4. The highest BCUT2D eigenvalue weighted by Gasteiger charge is 2.40. The predicted molar refractivity (Wildman–Crippen MR) is 137 cm³/mol. The third-order valence-corrected chi connectivity index (χ3v) is 7.84. The quantitative estimate of drug-likeness (QED) is 0.564. The van der Waals surface area contributed by atoms with Gasteiger partial charge in [0.2, 0.25) is 5.91 Å². The molecule has 2 heterocycles. The largest absolute Gasteiger partial charge is 0.416 e. The normalized spacial score (nSPS) is 19.1. The van der Waals surface area contributed by atoms with Crippen LogP contribution in [0.25, 0.3) is 0 Å². The van der Waals surface area contributed by atoms with Crippen molar-refractivity contribution in [3.05, 3.63) is 65.7 Å². The van der Waals surface area contributed by atoms with Gasteiger partial charge in [0.15, 0.2) is 0 Å². The molecule has 2 saturated heterocycles. The van der Waals surface area contributed by atoms with E-state index in [4.69, 9.17) is 0 Å². The number of likely N-dealkylation sites (tertiary alicyclic amines) is 1. The number of piperidine rings is 1. The van der Waals surface area contributed by atoms with Gasteiger partial charge in [-0.05, 0) is 50.2 Å². The number of anilines is 1. The molecule has 2 fully saturated rings. The highest BCUT2D eigenvalue weighted by molar-refractivity contribution is 5.78. The Balaban J connectivity index is 1.37. The fraction of sp³-hybridized carbons (Fsp3) is 0.536. The molecule has 5 nitrogen and oxygen atoms in total. The summed E-state index contributed by atoms with van der Waals surface area (Å²) in [6, 6.07) is 16.1. The Morgan fingerprint density at radius 2 is 1.61 bits per heavy atom. The van der Waals surface area contributed by atoms with Crippen LogP contribution in [-0.2, 0) is 16.4 Å². The number of carbonyl (C=O) groups excluding carboxylic acids is 1. The number of halogens is 3. The molecule has 0 N–H and O–H groups in total. The van der Waals surface area contributed by atoms with Crippen molar-refractivity contribution < 1.29 is 18.0 Å². The zero-order valence-corrected chi connectivity index (χ0v) is 21.3. The van der Waals surface area contributed by atoms with Crippen LogP contribution in [0.1, 0.15) is 30.9 Å². The summed E-state index contributed by atoms with van der Waals surface area (Å²) >= 11 is 0. The van der Waals surface area contributed by atoms with E-state index < -0.39 is 17.2 Å². The molecule has 0 radical (unpaired) electrons. The van der Waals surface area contributed by atoms with Crippen molar-refractivity contribution in [2.24, 2.45) is 0 Å². The average Bonchev–Trinajstić information content (AvgIpc) is 2.89. The zero-order valence-electron chi connectivity index (χ0n) is 21.3. The van der Waals surface area contributed by atoms with E-state index in [1.807, 2.05) is 36.2 Å². The number of amides is 1. The van der Waals surface area contributed by atoms with Gasteiger partial charge >= 0.3 is 6.18 Å². The number of alkyl halides is 3. The van der Waals surface area contributed by atoms with Gasteiger partial charge in [-0.2, -0.15) is 13.2 Å². The molecule has 196 valence electrons. The molecule has 36 heavy (non-hydrogen) atoms. The molecule has 0 saturated carbocycles. The fourth-order valence-corrected chi connectivity index (χ4v) is 5.47. The predicted octanol–water partition coefficient (Wildman–Crippen LogP) is 4.34. The number of hydrogen-bond acceptors (Lipinski definition) is 4. The smallest absolute Gasteiger partial charge is 0.369 e. The van der Waals surface area contributed by atoms with Crippen LogP contribution < -0.4 is 4.90 Å². The van der Waals surface area contributed by atoms with E-state index in [1.165, 1.54) is 17.8 Å². The number of likely N-dealkylation sites (N-methyl/N-ethyl adjacent to an activating group) is 1. The second kappa shape index (κ2) is 11.2. The van der Waals surface area contributed by atoms with E-state index in [-0.39, 0.29) is 5.91 Å². The highest BCUT2D eigenvalue weighted by Crippen LogP contribution is 2.39. The lowest BCUT2D eigenvalue weighted by molar-refractivity contribution is -0.137. The molecule has 4 rings (SSSR count). The van der Waals surface area contributed by atoms with Crippen LogP contribution in [0.3, 0.4) is 0 Å². The molecule has 0 bridgehead atoms. The first-order valence-corrected chi connectivity index (χ1v) is 12.9.